The number of phenolic OH excluding ortho intramolecular Hbond substituents is 4. The smallest absolute Gasteiger partial charge is 0.126 e. The van der Waals surface area contributed by atoms with Gasteiger partial charge in [0.05, 0.1) is 75.0 Å². The molecule has 8 aromatic carbocycles. The largest absolute Gasteiger partial charge is 0.507 e. The van der Waals surface area contributed by atoms with Crippen LogP contribution in [0.15, 0.2) is 146 Å². The SMILES string of the molecule is COc1ccccc1/C=C(\C#N)c1cc2c(O)c(c1)Cc1cc(/C(C#N)=C/c3ccccc3OC)cc(c1O)Cc1cc(/C(C#N)=C/c3ccccc3OC)cc(c1O)Cc1cc(/C(C#N)=C/c3ccccc3OC)cc(c1O)C2. The lowest BCUT2D eigenvalue weighted by molar-refractivity contribution is 0.414. The zero-order valence-electron chi connectivity index (χ0n) is 44.2. The van der Waals surface area contributed by atoms with Crippen LogP contribution in [0.2, 0.25) is 0 Å². The molecule has 0 radical (unpaired) electrons. The van der Waals surface area contributed by atoms with Crippen molar-refractivity contribution in [3.8, 4) is 70.3 Å². The fourth-order valence-corrected chi connectivity index (χ4v) is 10.0. The van der Waals surface area contributed by atoms with E-state index in [0.29, 0.717) is 67.5 Å². The summed E-state index contributed by atoms with van der Waals surface area (Å²) in [6, 6.07) is 51.5. The first-order valence-electron chi connectivity index (χ1n) is 25.3. The average Bonchev–Trinajstić information content (AvgIpc) is 3.51. The van der Waals surface area contributed by atoms with Crippen LogP contribution >= 0.6 is 0 Å². The highest BCUT2D eigenvalue weighted by molar-refractivity contribution is 5.95. The zero-order chi connectivity index (χ0) is 56.5. The number of phenols is 4. The third-order valence-electron chi connectivity index (χ3n) is 14.1. The van der Waals surface area contributed by atoms with Crippen molar-refractivity contribution < 1.29 is 39.4 Å². The molecule has 12 heteroatoms. The van der Waals surface area contributed by atoms with Crippen LogP contribution in [0.1, 0.15) is 89.0 Å². The molecule has 9 rings (SSSR count). The van der Waals surface area contributed by atoms with E-state index in [1.54, 1.807) is 97.1 Å². The summed E-state index contributed by atoms with van der Waals surface area (Å²) >= 11 is 0. The topological polar surface area (TPSA) is 213 Å². The number of para-hydroxylation sites is 4. The van der Waals surface area contributed by atoms with Crippen molar-refractivity contribution >= 4 is 46.6 Å². The van der Waals surface area contributed by atoms with Gasteiger partial charge in [0, 0.05) is 47.9 Å². The van der Waals surface area contributed by atoms with Gasteiger partial charge in [-0.25, -0.2) is 0 Å². The first-order chi connectivity index (χ1) is 38.9. The van der Waals surface area contributed by atoms with E-state index in [4.69, 9.17) is 18.9 Å². The molecule has 80 heavy (non-hydrogen) atoms. The third-order valence-corrected chi connectivity index (χ3v) is 14.1. The Kier molecular flexibility index (Phi) is 16.1. The van der Waals surface area contributed by atoms with E-state index in [1.807, 2.05) is 72.8 Å². The number of aromatic hydroxyl groups is 4. The molecule has 0 aromatic heterocycles. The van der Waals surface area contributed by atoms with Crippen molar-refractivity contribution in [3.05, 3.63) is 235 Å². The van der Waals surface area contributed by atoms with Gasteiger partial charge in [0.25, 0.3) is 0 Å². The molecule has 0 saturated heterocycles. The molecule has 0 amide bonds. The Bertz CT molecular complexity index is 3450. The number of rotatable bonds is 12. The average molecular weight is 1050 g/mol. The number of ether oxygens (including phenoxy) is 4. The third kappa shape index (κ3) is 11.3. The van der Waals surface area contributed by atoms with Gasteiger partial charge in [-0.15, -0.1) is 0 Å². The molecule has 12 nitrogen and oxygen atoms in total. The van der Waals surface area contributed by atoms with Crippen molar-refractivity contribution in [1.29, 1.82) is 21.0 Å². The molecular weight excluding hydrogens is 1000 g/mol. The maximum Gasteiger partial charge on any atom is 0.126 e. The van der Waals surface area contributed by atoms with E-state index in [0.717, 1.165) is 0 Å². The highest BCUT2D eigenvalue weighted by Gasteiger charge is 2.25. The van der Waals surface area contributed by atoms with Crippen LogP contribution in [0, 0.1) is 45.3 Å². The first kappa shape index (κ1) is 53.9. The minimum Gasteiger partial charge on any atom is -0.507 e. The monoisotopic (exact) mass is 1050 g/mol. The Morgan fingerprint density at radius 1 is 0.325 bits per heavy atom. The Hall–Kier alpha value is -10.9. The van der Waals surface area contributed by atoms with Crippen molar-refractivity contribution in [2.45, 2.75) is 25.7 Å². The second-order valence-corrected chi connectivity index (χ2v) is 18.9. The highest BCUT2D eigenvalue weighted by atomic mass is 16.5. The standard InChI is InChI=1S/C68H52N4O8/c1-77-61-17-9-5-13-41(61)21-57(37-69)45-25-49-33-51-27-46(58(38-70)22-42-14-6-10-18-62(42)78-2)29-53(66(51)74)35-55-31-48(60(40-72)24-44-16-8-12-20-64(44)80-4)32-56(68(55)76)36-54-30-47(28-52(67(54)75)34-50(26-45)65(49)73)59(39-71)23-43-15-7-11-19-63(43)79-3/h5-32,73-76H,33-36H2,1-4H3/b57-21+,58-22+,59-23+,60-24+. The normalized spacial score (nSPS) is 12.5. The van der Waals surface area contributed by atoms with E-state index < -0.39 is 0 Å². The van der Waals surface area contributed by atoms with Gasteiger partial charge >= 0.3 is 0 Å². The maximum atomic E-state index is 12.6. The van der Waals surface area contributed by atoms with E-state index in [1.165, 1.54) is 28.4 Å². The predicted octanol–water partition coefficient (Wildman–Crippen LogP) is 13.5. The molecule has 0 atom stereocenters. The minimum atomic E-state index is -0.193. The number of nitrogens with zero attached hydrogens (tertiary/aromatic N) is 4. The molecule has 392 valence electrons. The molecule has 0 aliphatic heterocycles. The van der Waals surface area contributed by atoms with Crippen molar-refractivity contribution in [3.63, 3.8) is 0 Å². The lowest BCUT2D eigenvalue weighted by Gasteiger charge is -2.20. The molecule has 0 saturated carbocycles. The van der Waals surface area contributed by atoms with Crippen LogP contribution in [0.5, 0.6) is 46.0 Å². The lowest BCUT2D eigenvalue weighted by atomic mass is 9.86. The number of nitriles is 4. The summed E-state index contributed by atoms with van der Waals surface area (Å²) in [5, 5.41) is 93.8. The van der Waals surface area contributed by atoms with Crippen LogP contribution in [0.4, 0.5) is 0 Å². The number of hydrogen-bond acceptors (Lipinski definition) is 12. The summed E-state index contributed by atoms with van der Waals surface area (Å²) in [6.45, 7) is 0. The molecule has 0 heterocycles. The van der Waals surface area contributed by atoms with Crippen LogP contribution in [-0.4, -0.2) is 48.9 Å². The fourth-order valence-electron chi connectivity index (χ4n) is 10.0. The second kappa shape index (κ2) is 24.0. The highest BCUT2D eigenvalue weighted by Crippen LogP contribution is 2.43. The molecule has 1 aliphatic rings. The van der Waals surface area contributed by atoms with E-state index in [2.05, 4.69) is 24.3 Å². The van der Waals surface area contributed by atoms with E-state index in [9.17, 15) is 41.5 Å². The Morgan fingerprint density at radius 2 is 0.500 bits per heavy atom. The van der Waals surface area contributed by atoms with Crippen LogP contribution in [0.25, 0.3) is 46.6 Å². The van der Waals surface area contributed by atoms with E-state index in [-0.39, 0.29) is 115 Å². The summed E-state index contributed by atoms with van der Waals surface area (Å²) in [6.07, 6.45) is 6.14. The molecule has 1 aliphatic carbocycles. The molecule has 8 aromatic rings. The van der Waals surface area contributed by atoms with Crippen LogP contribution in [0.3, 0.4) is 0 Å². The number of fused-ring (bicyclic) bond motifs is 8. The molecule has 4 N–H and O–H groups in total. The summed E-state index contributed by atoms with van der Waals surface area (Å²) in [5.41, 5.74) is 7.20. The first-order valence-corrected chi connectivity index (χ1v) is 25.3. The van der Waals surface area contributed by atoms with Gasteiger partial charge in [0.2, 0.25) is 0 Å². The molecule has 0 unspecified atom stereocenters. The quantitative estimate of drug-likeness (QED) is 0.0665. The predicted molar refractivity (Wildman–Crippen MR) is 310 cm³/mol. The van der Waals surface area contributed by atoms with Crippen LogP contribution in [-0.2, 0) is 25.7 Å². The number of benzene rings is 8. The summed E-state index contributed by atoms with van der Waals surface area (Å²) in [5.74, 6) is 1.31. The molecule has 0 spiro atoms. The van der Waals surface area contributed by atoms with Gasteiger partial charge in [0.1, 0.15) is 46.0 Å². The maximum absolute atomic E-state index is 12.6. The number of hydrogen-bond donors (Lipinski definition) is 4. The number of methoxy groups -OCH3 is 4. The summed E-state index contributed by atoms with van der Waals surface area (Å²) < 4.78 is 22.6. The Morgan fingerprint density at radius 3 is 0.662 bits per heavy atom. The molecular formula is C68H52N4O8. The van der Waals surface area contributed by atoms with Crippen molar-refractivity contribution in [1.82, 2.24) is 0 Å². The van der Waals surface area contributed by atoms with Gasteiger partial charge < -0.3 is 39.4 Å². The summed E-state index contributed by atoms with van der Waals surface area (Å²) in [7, 11) is 6.13. The number of allylic oxidation sites excluding steroid dienone is 4. The van der Waals surface area contributed by atoms with Gasteiger partial charge in [-0.05, 0) is 164 Å². The van der Waals surface area contributed by atoms with Gasteiger partial charge in [-0.3, -0.25) is 0 Å². The Balaban J connectivity index is 1.35. The van der Waals surface area contributed by atoms with Gasteiger partial charge in [-0.1, -0.05) is 72.8 Å². The Labute approximate surface area is 464 Å². The molecule has 0 fully saturated rings. The van der Waals surface area contributed by atoms with Crippen molar-refractivity contribution in [2.24, 2.45) is 0 Å². The van der Waals surface area contributed by atoms with Crippen LogP contribution < -0.4 is 18.9 Å². The zero-order valence-corrected chi connectivity index (χ0v) is 44.2. The van der Waals surface area contributed by atoms with Gasteiger partial charge in [0.15, 0.2) is 0 Å². The summed E-state index contributed by atoms with van der Waals surface area (Å²) in [4.78, 5) is 0. The van der Waals surface area contributed by atoms with Crippen molar-refractivity contribution in [2.75, 3.05) is 28.4 Å². The van der Waals surface area contributed by atoms with Gasteiger partial charge in [-0.2, -0.15) is 21.0 Å². The molecule has 8 bridgehead atoms. The van der Waals surface area contributed by atoms with E-state index >= 15 is 0 Å². The fraction of sp³-hybridized carbons (Fsp3) is 0.118. The minimum absolute atomic E-state index is 0.144. The second-order valence-electron chi connectivity index (χ2n) is 18.9. The lowest BCUT2D eigenvalue weighted by Crippen LogP contribution is -2.04.